The first-order chi connectivity index (χ1) is 9.05. The zero-order valence-corrected chi connectivity index (χ0v) is 9.59. The van der Waals surface area contributed by atoms with E-state index in [0.717, 1.165) is 18.0 Å². The van der Waals surface area contributed by atoms with Gasteiger partial charge in [-0.05, 0) is 18.2 Å². The SMILES string of the molecule is FC(F)(F)c1cnc2c(c1)ncn2-c1ccccc1. The number of hydrogen-bond acceptors (Lipinski definition) is 2. The molecule has 96 valence electrons. The second kappa shape index (κ2) is 4.08. The first-order valence-corrected chi connectivity index (χ1v) is 5.51. The van der Waals surface area contributed by atoms with Crippen LogP contribution in [0.4, 0.5) is 13.2 Å². The molecule has 0 unspecified atom stereocenters. The fourth-order valence-corrected chi connectivity index (χ4v) is 1.83. The number of rotatable bonds is 1. The van der Waals surface area contributed by atoms with Crippen molar-refractivity contribution in [1.82, 2.24) is 14.5 Å². The summed E-state index contributed by atoms with van der Waals surface area (Å²) in [6.45, 7) is 0. The molecule has 2 heterocycles. The van der Waals surface area contributed by atoms with Crippen LogP contribution in [0.3, 0.4) is 0 Å². The predicted octanol–water partition coefficient (Wildman–Crippen LogP) is 3.44. The highest BCUT2D eigenvalue weighted by Crippen LogP contribution is 2.30. The summed E-state index contributed by atoms with van der Waals surface area (Å²) in [7, 11) is 0. The van der Waals surface area contributed by atoms with Gasteiger partial charge in [0.2, 0.25) is 0 Å². The summed E-state index contributed by atoms with van der Waals surface area (Å²) in [4.78, 5) is 7.83. The maximum absolute atomic E-state index is 12.6. The van der Waals surface area contributed by atoms with E-state index in [4.69, 9.17) is 0 Å². The number of fused-ring (bicyclic) bond motifs is 1. The number of para-hydroxylation sites is 1. The van der Waals surface area contributed by atoms with Crippen molar-refractivity contribution in [1.29, 1.82) is 0 Å². The number of halogens is 3. The Balaban J connectivity index is 2.16. The van der Waals surface area contributed by atoms with Crippen molar-refractivity contribution in [2.75, 3.05) is 0 Å². The summed E-state index contributed by atoms with van der Waals surface area (Å²) in [6, 6.07) is 10.2. The van der Waals surface area contributed by atoms with E-state index >= 15 is 0 Å². The number of nitrogens with zero attached hydrogens (tertiary/aromatic N) is 3. The third-order valence-electron chi connectivity index (χ3n) is 2.75. The zero-order valence-electron chi connectivity index (χ0n) is 9.59. The quantitative estimate of drug-likeness (QED) is 0.673. The lowest BCUT2D eigenvalue weighted by Gasteiger charge is -2.06. The predicted molar refractivity (Wildman–Crippen MR) is 63.9 cm³/mol. The third kappa shape index (κ3) is 2.05. The van der Waals surface area contributed by atoms with Crippen molar-refractivity contribution in [2.45, 2.75) is 6.18 Å². The van der Waals surface area contributed by atoms with Gasteiger partial charge in [-0.2, -0.15) is 13.2 Å². The normalized spacial score (nSPS) is 11.9. The molecule has 6 heteroatoms. The van der Waals surface area contributed by atoms with Gasteiger partial charge in [0.15, 0.2) is 5.65 Å². The lowest BCUT2D eigenvalue weighted by atomic mass is 10.2. The van der Waals surface area contributed by atoms with Gasteiger partial charge in [0.05, 0.1) is 5.56 Å². The van der Waals surface area contributed by atoms with Gasteiger partial charge in [-0.3, -0.25) is 4.57 Å². The molecule has 3 aromatic rings. The van der Waals surface area contributed by atoms with Crippen molar-refractivity contribution < 1.29 is 13.2 Å². The van der Waals surface area contributed by atoms with Gasteiger partial charge in [-0.25, -0.2) is 9.97 Å². The molecule has 0 saturated carbocycles. The minimum atomic E-state index is -4.41. The molecule has 0 N–H and O–H groups in total. The molecule has 19 heavy (non-hydrogen) atoms. The van der Waals surface area contributed by atoms with Crippen molar-refractivity contribution >= 4 is 11.2 Å². The van der Waals surface area contributed by atoms with E-state index in [2.05, 4.69) is 9.97 Å². The molecular formula is C13H8F3N3. The van der Waals surface area contributed by atoms with Crippen molar-refractivity contribution in [3.8, 4) is 5.69 Å². The first-order valence-electron chi connectivity index (χ1n) is 5.51. The Labute approximate surface area is 106 Å². The van der Waals surface area contributed by atoms with Gasteiger partial charge in [0.1, 0.15) is 11.8 Å². The van der Waals surface area contributed by atoms with Gasteiger partial charge in [0.25, 0.3) is 0 Å². The molecule has 2 aromatic heterocycles. The largest absolute Gasteiger partial charge is 0.417 e. The summed E-state index contributed by atoms with van der Waals surface area (Å²) >= 11 is 0. The highest BCUT2D eigenvalue weighted by Gasteiger charge is 2.31. The minimum Gasteiger partial charge on any atom is -0.283 e. The van der Waals surface area contributed by atoms with Crippen LogP contribution in [0.25, 0.3) is 16.9 Å². The monoisotopic (exact) mass is 263 g/mol. The number of alkyl halides is 3. The highest BCUT2D eigenvalue weighted by molar-refractivity contribution is 5.73. The van der Waals surface area contributed by atoms with Gasteiger partial charge in [-0.15, -0.1) is 0 Å². The molecule has 0 radical (unpaired) electrons. The fourth-order valence-electron chi connectivity index (χ4n) is 1.83. The summed E-state index contributed by atoms with van der Waals surface area (Å²) in [5, 5.41) is 0. The van der Waals surface area contributed by atoms with Gasteiger partial charge in [-0.1, -0.05) is 18.2 Å². The topological polar surface area (TPSA) is 30.7 Å². The van der Waals surface area contributed by atoms with Gasteiger partial charge >= 0.3 is 6.18 Å². The lowest BCUT2D eigenvalue weighted by molar-refractivity contribution is -0.137. The smallest absolute Gasteiger partial charge is 0.283 e. The van der Waals surface area contributed by atoms with E-state index < -0.39 is 11.7 Å². The molecule has 0 aliphatic carbocycles. The third-order valence-corrected chi connectivity index (χ3v) is 2.75. The van der Waals surface area contributed by atoms with Crippen LogP contribution < -0.4 is 0 Å². The number of imidazole rings is 1. The van der Waals surface area contributed by atoms with Crippen molar-refractivity contribution in [3.05, 3.63) is 54.5 Å². The highest BCUT2D eigenvalue weighted by atomic mass is 19.4. The Morgan fingerprint density at radius 1 is 1.00 bits per heavy atom. The van der Waals surface area contributed by atoms with Crippen molar-refractivity contribution in [3.63, 3.8) is 0 Å². The molecule has 1 aromatic carbocycles. The number of hydrogen-bond donors (Lipinski definition) is 0. The van der Waals surface area contributed by atoms with E-state index in [1.807, 2.05) is 30.3 Å². The van der Waals surface area contributed by atoms with Crippen LogP contribution in [0.1, 0.15) is 5.56 Å². The van der Waals surface area contributed by atoms with Crippen LogP contribution in [0, 0.1) is 0 Å². The second-order valence-electron chi connectivity index (χ2n) is 4.01. The average molecular weight is 263 g/mol. The fraction of sp³-hybridized carbons (Fsp3) is 0.0769. The van der Waals surface area contributed by atoms with Gasteiger partial charge < -0.3 is 0 Å². The number of aromatic nitrogens is 3. The molecule has 3 rings (SSSR count). The average Bonchev–Trinajstić information content (AvgIpc) is 2.81. The van der Waals surface area contributed by atoms with E-state index in [-0.39, 0.29) is 5.52 Å². The lowest BCUT2D eigenvalue weighted by Crippen LogP contribution is -2.05. The maximum Gasteiger partial charge on any atom is 0.417 e. The molecule has 3 nitrogen and oxygen atoms in total. The van der Waals surface area contributed by atoms with Crippen LogP contribution >= 0.6 is 0 Å². The molecule has 0 amide bonds. The maximum atomic E-state index is 12.6. The first kappa shape index (κ1) is 11.7. The standard InChI is InChI=1S/C13H8F3N3/c14-13(15,16)9-6-11-12(17-7-9)19(8-18-11)10-4-2-1-3-5-10/h1-8H. The van der Waals surface area contributed by atoms with Gasteiger partial charge in [0, 0.05) is 11.9 Å². The molecule has 0 spiro atoms. The summed E-state index contributed by atoms with van der Waals surface area (Å²) in [5.41, 5.74) is 0.633. The van der Waals surface area contributed by atoms with Crippen LogP contribution in [0.2, 0.25) is 0 Å². The molecule has 0 fully saturated rings. The summed E-state index contributed by atoms with van der Waals surface area (Å²) in [5.74, 6) is 0. The molecule has 0 bridgehead atoms. The summed E-state index contributed by atoms with van der Waals surface area (Å²) in [6.07, 6.45) is -2.12. The van der Waals surface area contributed by atoms with Crippen LogP contribution in [-0.4, -0.2) is 14.5 Å². The van der Waals surface area contributed by atoms with Crippen molar-refractivity contribution in [2.24, 2.45) is 0 Å². The molecule has 0 aliphatic rings. The Bertz CT molecular complexity index is 717. The second-order valence-corrected chi connectivity index (χ2v) is 4.01. The molecular weight excluding hydrogens is 255 g/mol. The number of pyridine rings is 1. The van der Waals surface area contributed by atoms with Crippen LogP contribution in [0.5, 0.6) is 0 Å². The Morgan fingerprint density at radius 3 is 2.42 bits per heavy atom. The van der Waals surface area contributed by atoms with E-state index in [9.17, 15) is 13.2 Å². The molecule has 0 atom stereocenters. The minimum absolute atomic E-state index is 0.221. The Kier molecular flexibility index (Phi) is 2.51. The Morgan fingerprint density at radius 2 is 1.74 bits per heavy atom. The molecule has 0 saturated heterocycles. The summed E-state index contributed by atoms with van der Waals surface area (Å²) < 4.78 is 39.4. The van der Waals surface area contributed by atoms with E-state index in [1.54, 1.807) is 4.57 Å². The zero-order chi connectivity index (χ0) is 13.5. The number of benzene rings is 1. The van der Waals surface area contributed by atoms with E-state index in [1.165, 1.54) is 6.33 Å². The molecule has 0 aliphatic heterocycles. The Hall–Kier alpha value is -2.37. The van der Waals surface area contributed by atoms with Crippen LogP contribution in [0.15, 0.2) is 48.9 Å². The van der Waals surface area contributed by atoms with E-state index in [0.29, 0.717) is 5.65 Å². The van der Waals surface area contributed by atoms with Crippen LogP contribution in [-0.2, 0) is 6.18 Å².